The Morgan fingerprint density at radius 1 is 0.889 bits per heavy atom. The highest BCUT2D eigenvalue weighted by Gasteiger charge is 2.10. The second kappa shape index (κ2) is 3.68. The van der Waals surface area contributed by atoms with Crippen LogP contribution in [-0.2, 0) is 0 Å². The van der Waals surface area contributed by atoms with Gasteiger partial charge in [0, 0.05) is 16.5 Å². The van der Waals surface area contributed by atoms with Crippen molar-refractivity contribution in [2.24, 2.45) is 0 Å². The van der Waals surface area contributed by atoms with Crippen LogP contribution < -0.4 is 0 Å². The molecule has 0 atom stereocenters. The van der Waals surface area contributed by atoms with Gasteiger partial charge in [-0.25, -0.2) is 4.98 Å². The molecule has 0 radical (unpaired) electrons. The summed E-state index contributed by atoms with van der Waals surface area (Å²) in [4.78, 5) is 8.05. The molecule has 0 aliphatic carbocycles. The van der Waals surface area contributed by atoms with Gasteiger partial charge in [0.15, 0.2) is 0 Å². The lowest BCUT2D eigenvalue weighted by Gasteiger charge is -1.93. The van der Waals surface area contributed by atoms with E-state index in [2.05, 4.69) is 40.3 Å². The first kappa shape index (κ1) is 9.85. The predicted molar refractivity (Wildman–Crippen MR) is 76.9 cm³/mol. The molecule has 2 aromatic heterocycles. The van der Waals surface area contributed by atoms with Crippen molar-refractivity contribution in [2.75, 3.05) is 0 Å². The molecular weight excluding hydrogens is 240 g/mol. The van der Waals surface area contributed by atoms with E-state index in [9.17, 15) is 0 Å². The third-order valence-corrected chi connectivity index (χ3v) is 4.21. The van der Waals surface area contributed by atoms with Crippen LogP contribution in [0.4, 0.5) is 0 Å². The average Bonchev–Trinajstić information content (AvgIpc) is 2.97. The Kier molecular flexibility index (Phi) is 2.02. The molecule has 86 valence electrons. The molecule has 0 amide bonds. The summed E-state index contributed by atoms with van der Waals surface area (Å²) in [7, 11) is 0. The molecule has 3 heteroatoms. The third-order valence-electron chi connectivity index (χ3n) is 3.07. The summed E-state index contributed by atoms with van der Waals surface area (Å²) in [6.45, 7) is 0. The first-order chi connectivity index (χ1) is 8.92. The Balaban J connectivity index is 2.00. The zero-order valence-corrected chi connectivity index (χ0v) is 10.4. The molecule has 0 fully saturated rings. The smallest absolute Gasteiger partial charge is 0.150 e. The van der Waals surface area contributed by atoms with E-state index in [4.69, 9.17) is 0 Å². The second-order valence-corrected chi connectivity index (χ2v) is 5.23. The summed E-state index contributed by atoms with van der Waals surface area (Å²) in [6.07, 6.45) is 0. The Hall–Kier alpha value is -2.13. The number of nitrogens with one attached hydrogen (secondary N) is 1. The van der Waals surface area contributed by atoms with Crippen molar-refractivity contribution in [3.05, 3.63) is 54.6 Å². The quantitative estimate of drug-likeness (QED) is 0.531. The van der Waals surface area contributed by atoms with Gasteiger partial charge in [0.1, 0.15) is 10.7 Å². The van der Waals surface area contributed by atoms with Gasteiger partial charge in [-0.05, 0) is 6.07 Å². The Morgan fingerprint density at radius 2 is 1.67 bits per heavy atom. The molecule has 0 bridgehead atoms. The lowest BCUT2D eigenvalue weighted by molar-refractivity contribution is 1.39. The molecule has 2 aromatic carbocycles. The number of hydrogen-bond acceptors (Lipinski definition) is 2. The molecule has 0 spiro atoms. The summed E-state index contributed by atoms with van der Waals surface area (Å²) in [5.74, 6) is 0. The van der Waals surface area contributed by atoms with Gasteiger partial charge in [-0.1, -0.05) is 48.5 Å². The van der Waals surface area contributed by atoms with Crippen LogP contribution in [0.2, 0.25) is 0 Å². The molecule has 0 unspecified atom stereocenters. The monoisotopic (exact) mass is 250 g/mol. The fourth-order valence-corrected chi connectivity index (χ4v) is 3.27. The summed E-state index contributed by atoms with van der Waals surface area (Å²) >= 11 is 1.74. The van der Waals surface area contributed by atoms with Crippen LogP contribution in [0.3, 0.4) is 0 Å². The van der Waals surface area contributed by atoms with Gasteiger partial charge in [0.05, 0.1) is 4.70 Å². The highest BCUT2D eigenvalue weighted by Crippen LogP contribution is 2.34. The molecule has 4 rings (SSSR count). The molecule has 18 heavy (non-hydrogen) atoms. The predicted octanol–water partition coefficient (Wildman–Crippen LogP) is 4.44. The summed E-state index contributed by atoms with van der Waals surface area (Å²) in [6, 6.07) is 18.6. The van der Waals surface area contributed by atoms with Crippen LogP contribution >= 0.6 is 11.3 Å². The van der Waals surface area contributed by atoms with E-state index in [0.29, 0.717) is 0 Å². The number of H-pyrrole nitrogens is 1. The van der Waals surface area contributed by atoms with Gasteiger partial charge in [0.2, 0.25) is 0 Å². The van der Waals surface area contributed by atoms with Crippen molar-refractivity contribution < 1.29 is 0 Å². The Bertz CT molecular complexity index is 827. The molecule has 0 saturated heterocycles. The zero-order valence-electron chi connectivity index (χ0n) is 9.55. The normalized spacial score (nSPS) is 11.3. The van der Waals surface area contributed by atoms with E-state index in [1.54, 1.807) is 11.3 Å². The lowest BCUT2D eigenvalue weighted by atomic mass is 10.2. The average molecular weight is 250 g/mol. The van der Waals surface area contributed by atoms with Crippen molar-refractivity contribution in [1.82, 2.24) is 9.97 Å². The molecule has 0 saturated carbocycles. The van der Waals surface area contributed by atoms with Crippen LogP contribution in [0.5, 0.6) is 0 Å². The van der Waals surface area contributed by atoms with E-state index < -0.39 is 0 Å². The fraction of sp³-hybridized carbons (Fsp3) is 0. The number of aromatic amines is 1. The van der Waals surface area contributed by atoms with Crippen LogP contribution in [0.1, 0.15) is 0 Å². The van der Waals surface area contributed by atoms with Crippen molar-refractivity contribution in [3.8, 4) is 10.6 Å². The largest absolute Gasteiger partial charge is 0.338 e. The highest BCUT2D eigenvalue weighted by atomic mass is 32.1. The van der Waals surface area contributed by atoms with Gasteiger partial charge in [-0.15, -0.1) is 11.3 Å². The van der Waals surface area contributed by atoms with Crippen LogP contribution in [0.25, 0.3) is 31.8 Å². The molecule has 0 aliphatic heterocycles. The zero-order chi connectivity index (χ0) is 11.9. The molecule has 0 aliphatic rings. The van der Waals surface area contributed by atoms with Gasteiger partial charge in [-0.2, -0.15) is 0 Å². The van der Waals surface area contributed by atoms with Crippen molar-refractivity contribution in [3.63, 3.8) is 0 Å². The minimum Gasteiger partial charge on any atom is -0.338 e. The number of nitrogens with zero attached hydrogens (tertiary/aromatic N) is 1. The van der Waals surface area contributed by atoms with E-state index in [0.717, 1.165) is 16.2 Å². The van der Waals surface area contributed by atoms with Crippen molar-refractivity contribution >= 4 is 32.6 Å². The third kappa shape index (κ3) is 1.38. The van der Waals surface area contributed by atoms with Crippen LogP contribution in [0.15, 0.2) is 54.6 Å². The minimum atomic E-state index is 0.986. The molecular formula is C15H10N2S. The fourth-order valence-electron chi connectivity index (χ4n) is 2.21. The lowest BCUT2D eigenvalue weighted by Crippen LogP contribution is -1.74. The number of para-hydroxylation sites is 1. The maximum atomic E-state index is 4.68. The number of benzene rings is 2. The summed E-state index contributed by atoms with van der Waals surface area (Å²) in [5.41, 5.74) is 3.32. The van der Waals surface area contributed by atoms with E-state index >= 15 is 0 Å². The van der Waals surface area contributed by atoms with E-state index in [-0.39, 0.29) is 0 Å². The number of thiazole rings is 1. The molecule has 4 aromatic rings. The summed E-state index contributed by atoms with van der Waals surface area (Å²) in [5, 5.41) is 2.33. The van der Waals surface area contributed by atoms with Crippen LogP contribution in [0, 0.1) is 0 Å². The Morgan fingerprint density at radius 3 is 2.56 bits per heavy atom. The Labute approximate surface area is 108 Å². The molecule has 1 N–H and O–H groups in total. The topological polar surface area (TPSA) is 28.7 Å². The minimum absolute atomic E-state index is 0.986. The SMILES string of the molecule is c1ccc(-c2nc3[nH]c4ccccc4c3s2)cc1. The van der Waals surface area contributed by atoms with E-state index in [1.807, 2.05) is 24.3 Å². The standard InChI is InChI=1S/C15H10N2S/c1-2-6-10(7-3-1)15-17-14-13(18-15)11-8-4-5-9-12(11)16-14/h1-9,16H. The second-order valence-electron chi connectivity index (χ2n) is 4.23. The summed E-state index contributed by atoms with van der Waals surface area (Å²) < 4.78 is 1.24. The maximum Gasteiger partial charge on any atom is 0.150 e. The first-order valence-electron chi connectivity index (χ1n) is 5.84. The van der Waals surface area contributed by atoms with Gasteiger partial charge in [0.25, 0.3) is 0 Å². The first-order valence-corrected chi connectivity index (χ1v) is 6.66. The highest BCUT2D eigenvalue weighted by molar-refractivity contribution is 7.22. The number of aromatic nitrogens is 2. The number of rotatable bonds is 1. The van der Waals surface area contributed by atoms with Crippen molar-refractivity contribution in [2.45, 2.75) is 0 Å². The number of hydrogen-bond donors (Lipinski definition) is 1. The molecule has 2 heterocycles. The van der Waals surface area contributed by atoms with Gasteiger partial charge in [-0.3, -0.25) is 0 Å². The van der Waals surface area contributed by atoms with Gasteiger partial charge < -0.3 is 4.98 Å². The van der Waals surface area contributed by atoms with E-state index in [1.165, 1.54) is 15.6 Å². The number of fused-ring (bicyclic) bond motifs is 3. The van der Waals surface area contributed by atoms with Crippen LogP contribution in [-0.4, -0.2) is 9.97 Å². The van der Waals surface area contributed by atoms with Crippen molar-refractivity contribution in [1.29, 1.82) is 0 Å². The molecule has 2 nitrogen and oxygen atoms in total. The van der Waals surface area contributed by atoms with Gasteiger partial charge >= 0.3 is 0 Å². The maximum absolute atomic E-state index is 4.68.